The van der Waals surface area contributed by atoms with Gasteiger partial charge in [0.2, 0.25) is 0 Å². The Morgan fingerprint density at radius 1 is 0.607 bits per heavy atom. The number of hydrogen-bond donors (Lipinski definition) is 0. The van der Waals surface area contributed by atoms with Gasteiger partial charge in [0.25, 0.3) is 0 Å². The Morgan fingerprint density at radius 2 is 1.00 bits per heavy atom. The van der Waals surface area contributed by atoms with Gasteiger partial charge in [-0.05, 0) is 13.3 Å². The first-order valence-corrected chi connectivity index (χ1v) is 10.4. The molecule has 3 rings (SSSR count). The highest BCUT2D eigenvalue weighted by Gasteiger charge is 2.28. The fourth-order valence-electron chi connectivity index (χ4n) is 4.03. The molecule has 0 aliphatic carbocycles. The van der Waals surface area contributed by atoms with Gasteiger partial charge in [-0.15, -0.1) is 0 Å². The van der Waals surface area contributed by atoms with Crippen LogP contribution in [0, 0.1) is 0 Å². The third kappa shape index (κ3) is 6.21. The molecule has 0 radical (unpaired) electrons. The fraction of sp³-hybridized carbons (Fsp3) is 0.259. The van der Waals surface area contributed by atoms with E-state index in [4.69, 9.17) is 0 Å². The van der Waals surface area contributed by atoms with Gasteiger partial charge < -0.3 is 4.48 Å². The zero-order valence-corrected chi connectivity index (χ0v) is 17.0. The average Bonchev–Trinajstić information content (AvgIpc) is 2.73. The van der Waals surface area contributed by atoms with Crippen LogP contribution in [0.3, 0.4) is 0 Å². The maximum atomic E-state index is 2.29. The maximum absolute atomic E-state index is 2.29. The summed E-state index contributed by atoms with van der Waals surface area (Å²) in [5.41, 5.74) is 4.25. The second-order valence-corrected chi connectivity index (χ2v) is 7.71. The van der Waals surface area contributed by atoms with Crippen molar-refractivity contribution in [1.29, 1.82) is 0 Å². The highest BCUT2D eigenvalue weighted by molar-refractivity contribution is 5.17. The minimum atomic E-state index is 1.05. The van der Waals surface area contributed by atoms with Gasteiger partial charge in [0.15, 0.2) is 0 Å². The van der Waals surface area contributed by atoms with Gasteiger partial charge in [-0.1, -0.05) is 103 Å². The third-order valence-electron chi connectivity index (χ3n) is 5.32. The molecule has 0 saturated heterocycles. The van der Waals surface area contributed by atoms with Crippen LogP contribution in [0.15, 0.2) is 103 Å². The molecule has 0 unspecified atom stereocenters. The summed E-state index contributed by atoms with van der Waals surface area (Å²) in [5.74, 6) is 0. The van der Waals surface area contributed by atoms with Crippen molar-refractivity contribution in [1.82, 2.24) is 0 Å². The van der Waals surface area contributed by atoms with E-state index < -0.39 is 0 Å². The number of quaternary nitrogens is 1. The van der Waals surface area contributed by atoms with Crippen molar-refractivity contribution in [2.24, 2.45) is 0 Å². The van der Waals surface area contributed by atoms with E-state index in [0.29, 0.717) is 0 Å². The zero-order valence-electron chi connectivity index (χ0n) is 17.0. The molecule has 0 heterocycles. The number of hydrogen-bond acceptors (Lipinski definition) is 0. The Hall–Kier alpha value is -2.64. The molecule has 0 fully saturated rings. The first-order valence-electron chi connectivity index (χ1n) is 10.4. The van der Waals surface area contributed by atoms with E-state index in [1.807, 2.05) is 0 Å². The van der Waals surface area contributed by atoms with Gasteiger partial charge >= 0.3 is 0 Å². The molecule has 0 saturated carbocycles. The smallest absolute Gasteiger partial charge is 0.105 e. The number of unbranched alkanes of at least 4 members (excludes halogenated alkanes) is 1. The van der Waals surface area contributed by atoms with Crippen molar-refractivity contribution in [3.8, 4) is 0 Å². The first kappa shape index (κ1) is 20.1. The summed E-state index contributed by atoms with van der Waals surface area (Å²) in [5, 5.41) is 0. The van der Waals surface area contributed by atoms with Crippen molar-refractivity contribution in [2.75, 3.05) is 6.54 Å². The van der Waals surface area contributed by atoms with Crippen molar-refractivity contribution < 1.29 is 4.48 Å². The molecule has 0 spiro atoms. The Morgan fingerprint density at radius 3 is 1.36 bits per heavy atom. The number of nitrogens with zero attached hydrogens (tertiary/aromatic N) is 1. The van der Waals surface area contributed by atoms with E-state index in [-0.39, 0.29) is 0 Å². The topological polar surface area (TPSA) is 0 Å². The minimum absolute atomic E-state index is 1.05. The standard InChI is InChI=1S/C27H32N/c1-2-3-4-14-21-28(22-25-15-8-5-9-16-25,23-26-17-10-6-11-18-26)24-27-19-12-7-13-20-27/h2-3,5-13,15-20H,4,14,21-24H2,1H3/q+1/b3-2+. The summed E-state index contributed by atoms with van der Waals surface area (Å²) in [6.07, 6.45) is 6.81. The molecular formula is C27H32N+. The normalized spacial score (nSPS) is 11.8. The van der Waals surface area contributed by atoms with Crippen LogP contribution in [-0.4, -0.2) is 11.0 Å². The average molecular weight is 371 g/mol. The molecule has 0 aliphatic rings. The largest absolute Gasteiger partial charge is 0.312 e. The second kappa shape index (κ2) is 10.6. The Labute approximate surface area is 170 Å². The fourth-order valence-corrected chi connectivity index (χ4v) is 4.03. The minimum Gasteiger partial charge on any atom is -0.312 e. The van der Waals surface area contributed by atoms with Gasteiger partial charge in [-0.25, -0.2) is 0 Å². The molecule has 144 valence electrons. The quantitative estimate of drug-likeness (QED) is 0.210. The van der Waals surface area contributed by atoms with E-state index in [1.54, 1.807) is 0 Å². The SMILES string of the molecule is C/C=C/CCC[N+](Cc1ccccc1)(Cc1ccccc1)Cc1ccccc1. The van der Waals surface area contributed by atoms with Crippen LogP contribution in [0.5, 0.6) is 0 Å². The van der Waals surface area contributed by atoms with E-state index >= 15 is 0 Å². The van der Waals surface area contributed by atoms with Crippen LogP contribution >= 0.6 is 0 Å². The van der Waals surface area contributed by atoms with Gasteiger partial charge in [-0.3, -0.25) is 0 Å². The zero-order chi connectivity index (χ0) is 19.5. The van der Waals surface area contributed by atoms with Gasteiger partial charge in [0, 0.05) is 23.1 Å². The van der Waals surface area contributed by atoms with Crippen LogP contribution < -0.4 is 0 Å². The lowest BCUT2D eigenvalue weighted by Crippen LogP contribution is -2.46. The molecule has 0 bridgehead atoms. The lowest BCUT2D eigenvalue weighted by molar-refractivity contribution is -0.966. The summed E-state index contributed by atoms with van der Waals surface area (Å²) < 4.78 is 1.05. The Balaban J connectivity index is 1.92. The van der Waals surface area contributed by atoms with E-state index in [0.717, 1.165) is 30.5 Å². The predicted octanol–water partition coefficient (Wildman–Crippen LogP) is 6.76. The first-order chi connectivity index (χ1) is 13.8. The maximum Gasteiger partial charge on any atom is 0.105 e. The summed E-state index contributed by atoms with van der Waals surface area (Å²) >= 11 is 0. The van der Waals surface area contributed by atoms with Crippen LogP contribution in [-0.2, 0) is 19.6 Å². The molecule has 0 amide bonds. The summed E-state index contributed by atoms with van der Waals surface area (Å²) in [6, 6.07) is 32.9. The Kier molecular flexibility index (Phi) is 7.63. The molecule has 1 heteroatoms. The molecule has 3 aromatic rings. The van der Waals surface area contributed by atoms with Gasteiger partial charge in [0.05, 0.1) is 6.54 Å². The molecule has 28 heavy (non-hydrogen) atoms. The molecular weight excluding hydrogens is 338 g/mol. The van der Waals surface area contributed by atoms with Gasteiger partial charge in [0.1, 0.15) is 19.6 Å². The highest BCUT2D eigenvalue weighted by atomic mass is 15.3. The predicted molar refractivity (Wildman–Crippen MR) is 120 cm³/mol. The van der Waals surface area contributed by atoms with Crippen molar-refractivity contribution in [3.05, 3.63) is 120 Å². The Bertz CT molecular complexity index is 720. The summed E-state index contributed by atoms with van der Waals surface area (Å²) in [7, 11) is 0. The monoisotopic (exact) mass is 370 g/mol. The van der Waals surface area contributed by atoms with Crippen LogP contribution in [0.1, 0.15) is 36.5 Å². The van der Waals surface area contributed by atoms with Crippen molar-refractivity contribution in [2.45, 2.75) is 39.4 Å². The summed E-state index contributed by atoms with van der Waals surface area (Å²) in [4.78, 5) is 0. The molecule has 0 aliphatic heterocycles. The number of allylic oxidation sites excluding steroid dienone is 2. The number of benzene rings is 3. The molecule has 0 aromatic heterocycles. The highest BCUT2D eigenvalue weighted by Crippen LogP contribution is 2.25. The lowest BCUT2D eigenvalue weighted by Gasteiger charge is -2.39. The molecule has 3 aromatic carbocycles. The molecule has 0 atom stereocenters. The van der Waals surface area contributed by atoms with Gasteiger partial charge in [-0.2, -0.15) is 0 Å². The van der Waals surface area contributed by atoms with Crippen LogP contribution in [0.2, 0.25) is 0 Å². The summed E-state index contributed by atoms with van der Waals surface area (Å²) in [6.45, 7) is 6.45. The molecule has 0 N–H and O–H groups in total. The third-order valence-corrected chi connectivity index (χ3v) is 5.32. The van der Waals surface area contributed by atoms with E-state index in [2.05, 4.69) is 110 Å². The van der Waals surface area contributed by atoms with Crippen LogP contribution in [0.25, 0.3) is 0 Å². The number of rotatable bonds is 10. The lowest BCUT2D eigenvalue weighted by atomic mass is 10.1. The van der Waals surface area contributed by atoms with E-state index in [9.17, 15) is 0 Å². The van der Waals surface area contributed by atoms with Crippen molar-refractivity contribution >= 4 is 0 Å². The van der Waals surface area contributed by atoms with E-state index in [1.165, 1.54) is 29.7 Å². The molecule has 1 nitrogen and oxygen atoms in total. The van der Waals surface area contributed by atoms with Crippen molar-refractivity contribution in [3.63, 3.8) is 0 Å². The van der Waals surface area contributed by atoms with Crippen LogP contribution in [0.4, 0.5) is 0 Å². The second-order valence-electron chi connectivity index (χ2n) is 7.71.